The molecule has 0 aliphatic carbocycles. The van der Waals surface area contributed by atoms with Gasteiger partial charge < -0.3 is 10.5 Å². The number of aromatic nitrogens is 4. The molecule has 2 aromatic heterocycles. The molecule has 0 radical (unpaired) electrons. The molecule has 3 aromatic rings. The summed E-state index contributed by atoms with van der Waals surface area (Å²) in [5.74, 6) is -0.686. The van der Waals surface area contributed by atoms with Crippen molar-refractivity contribution in [2.24, 2.45) is 0 Å². The Morgan fingerprint density at radius 2 is 1.89 bits per heavy atom. The number of ether oxygens (including phenoxy) is 1. The zero-order valence-electron chi connectivity index (χ0n) is 15.3. The summed E-state index contributed by atoms with van der Waals surface area (Å²) in [6.07, 6.45) is 4.68. The SMILES string of the molecule is CC(C)(C)OC(=O)Cn1ccc(-c2ccc(-c3cnc(N)nc3)cc2F)n1. The second-order valence-corrected chi connectivity index (χ2v) is 7.01. The summed E-state index contributed by atoms with van der Waals surface area (Å²) in [4.78, 5) is 19.7. The zero-order valence-corrected chi connectivity index (χ0v) is 15.3. The van der Waals surface area contributed by atoms with Crippen molar-refractivity contribution < 1.29 is 13.9 Å². The predicted molar refractivity (Wildman–Crippen MR) is 98.9 cm³/mol. The molecule has 27 heavy (non-hydrogen) atoms. The number of benzene rings is 1. The van der Waals surface area contributed by atoms with Gasteiger partial charge in [-0.1, -0.05) is 6.07 Å². The van der Waals surface area contributed by atoms with Crippen LogP contribution in [0, 0.1) is 5.82 Å². The van der Waals surface area contributed by atoms with Crippen molar-refractivity contribution in [1.29, 1.82) is 0 Å². The smallest absolute Gasteiger partial charge is 0.328 e. The van der Waals surface area contributed by atoms with Gasteiger partial charge >= 0.3 is 5.97 Å². The first kappa shape index (κ1) is 18.5. The van der Waals surface area contributed by atoms with Gasteiger partial charge in [0.2, 0.25) is 5.95 Å². The largest absolute Gasteiger partial charge is 0.459 e. The fourth-order valence-corrected chi connectivity index (χ4v) is 2.49. The Labute approximate surface area is 156 Å². The van der Waals surface area contributed by atoms with E-state index < -0.39 is 17.4 Å². The molecule has 1 aromatic carbocycles. The molecule has 140 valence electrons. The summed E-state index contributed by atoms with van der Waals surface area (Å²) < 4.78 is 21.3. The highest BCUT2D eigenvalue weighted by atomic mass is 19.1. The first-order chi connectivity index (χ1) is 12.7. The third-order valence-corrected chi connectivity index (χ3v) is 3.60. The van der Waals surface area contributed by atoms with E-state index in [1.807, 2.05) is 0 Å². The highest BCUT2D eigenvalue weighted by molar-refractivity contribution is 5.70. The van der Waals surface area contributed by atoms with E-state index >= 15 is 0 Å². The van der Waals surface area contributed by atoms with Gasteiger partial charge in [0, 0.05) is 29.7 Å². The molecule has 0 atom stereocenters. The monoisotopic (exact) mass is 369 g/mol. The summed E-state index contributed by atoms with van der Waals surface area (Å²) in [7, 11) is 0. The first-order valence-electron chi connectivity index (χ1n) is 8.34. The van der Waals surface area contributed by atoms with Gasteiger partial charge in [-0.25, -0.2) is 14.4 Å². The van der Waals surface area contributed by atoms with Crippen LogP contribution in [-0.2, 0) is 16.1 Å². The topological polar surface area (TPSA) is 95.9 Å². The van der Waals surface area contributed by atoms with Crippen molar-refractivity contribution in [2.75, 3.05) is 5.73 Å². The minimum atomic E-state index is -0.569. The number of hydrogen-bond acceptors (Lipinski definition) is 6. The standard InChI is InChI=1S/C19H20FN5O2/c1-19(2,3)27-17(26)11-25-7-6-16(24-25)14-5-4-12(8-15(14)20)13-9-22-18(21)23-10-13/h4-10H,11H2,1-3H3,(H2,21,22,23). The third-order valence-electron chi connectivity index (χ3n) is 3.60. The first-order valence-corrected chi connectivity index (χ1v) is 8.34. The number of nitrogen functional groups attached to an aromatic ring is 1. The third kappa shape index (κ3) is 4.66. The molecular weight excluding hydrogens is 349 g/mol. The lowest BCUT2D eigenvalue weighted by atomic mass is 10.0. The Morgan fingerprint density at radius 3 is 2.52 bits per heavy atom. The van der Waals surface area contributed by atoms with Crippen molar-refractivity contribution in [3.05, 3.63) is 48.7 Å². The molecule has 0 unspecified atom stereocenters. The highest BCUT2D eigenvalue weighted by Gasteiger charge is 2.17. The molecule has 8 heteroatoms. The van der Waals surface area contributed by atoms with Crippen LogP contribution in [0.25, 0.3) is 22.4 Å². The Balaban J connectivity index is 1.78. The van der Waals surface area contributed by atoms with E-state index in [4.69, 9.17) is 10.5 Å². The molecule has 2 N–H and O–H groups in total. The Kier molecular flexibility index (Phi) is 4.89. The fraction of sp³-hybridized carbons (Fsp3) is 0.263. The molecule has 0 bridgehead atoms. The fourth-order valence-electron chi connectivity index (χ4n) is 2.49. The molecule has 0 aliphatic rings. The maximum Gasteiger partial charge on any atom is 0.328 e. The number of anilines is 1. The van der Waals surface area contributed by atoms with Crippen molar-refractivity contribution in [3.63, 3.8) is 0 Å². The van der Waals surface area contributed by atoms with Crippen LogP contribution in [0.4, 0.5) is 10.3 Å². The summed E-state index contributed by atoms with van der Waals surface area (Å²) in [6, 6.07) is 6.41. The van der Waals surface area contributed by atoms with Crippen LogP contribution in [0.15, 0.2) is 42.9 Å². The molecule has 0 amide bonds. The Bertz CT molecular complexity index is 961. The van der Waals surface area contributed by atoms with Gasteiger partial charge in [-0.3, -0.25) is 9.48 Å². The molecular formula is C19H20FN5O2. The average Bonchev–Trinajstić information content (AvgIpc) is 3.01. The number of carbonyl (C=O) groups is 1. The molecule has 2 heterocycles. The highest BCUT2D eigenvalue weighted by Crippen LogP contribution is 2.26. The maximum atomic E-state index is 14.6. The number of hydrogen-bond donors (Lipinski definition) is 1. The van der Waals surface area contributed by atoms with Crippen molar-refractivity contribution in [2.45, 2.75) is 32.9 Å². The van der Waals surface area contributed by atoms with Gasteiger partial charge in [0.05, 0.1) is 5.69 Å². The van der Waals surface area contributed by atoms with Gasteiger partial charge in [0.1, 0.15) is 18.0 Å². The van der Waals surface area contributed by atoms with Crippen molar-refractivity contribution in [1.82, 2.24) is 19.7 Å². The van der Waals surface area contributed by atoms with Crippen LogP contribution in [0.1, 0.15) is 20.8 Å². The summed E-state index contributed by atoms with van der Waals surface area (Å²) in [6.45, 7) is 5.34. The number of esters is 1. The van der Waals surface area contributed by atoms with E-state index in [0.717, 1.165) is 0 Å². The number of rotatable bonds is 4. The van der Waals surface area contributed by atoms with E-state index in [9.17, 15) is 9.18 Å². The Hall–Kier alpha value is -3.29. The summed E-state index contributed by atoms with van der Waals surface area (Å²) in [5, 5.41) is 4.26. The van der Waals surface area contributed by atoms with Gasteiger partial charge in [-0.05, 0) is 44.5 Å². The van der Waals surface area contributed by atoms with Gasteiger partial charge in [0.25, 0.3) is 0 Å². The molecule has 7 nitrogen and oxygen atoms in total. The van der Waals surface area contributed by atoms with Gasteiger partial charge in [-0.15, -0.1) is 0 Å². The molecule has 0 spiro atoms. The van der Waals surface area contributed by atoms with E-state index in [0.29, 0.717) is 22.4 Å². The van der Waals surface area contributed by atoms with Crippen molar-refractivity contribution in [3.8, 4) is 22.4 Å². The predicted octanol–water partition coefficient (Wildman–Crippen LogP) is 3.07. The van der Waals surface area contributed by atoms with Crippen LogP contribution in [0.3, 0.4) is 0 Å². The Morgan fingerprint density at radius 1 is 1.19 bits per heavy atom. The van der Waals surface area contributed by atoms with Gasteiger partial charge in [0.15, 0.2) is 0 Å². The van der Waals surface area contributed by atoms with E-state index in [1.165, 1.54) is 23.1 Å². The lowest BCUT2D eigenvalue weighted by Crippen LogP contribution is -2.26. The minimum absolute atomic E-state index is 0.0419. The summed E-state index contributed by atoms with van der Waals surface area (Å²) >= 11 is 0. The van der Waals surface area contributed by atoms with Crippen LogP contribution in [0.5, 0.6) is 0 Å². The summed E-state index contributed by atoms with van der Waals surface area (Å²) in [5.41, 5.74) is 6.94. The van der Waals surface area contributed by atoms with Crippen molar-refractivity contribution >= 4 is 11.9 Å². The lowest BCUT2D eigenvalue weighted by Gasteiger charge is -2.19. The molecule has 0 saturated carbocycles. The van der Waals surface area contributed by atoms with E-state index in [1.54, 1.807) is 45.2 Å². The van der Waals surface area contributed by atoms with Crippen LogP contribution in [-0.4, -0.2) is 31.3 Å². The number of carbonyl (C=O) groups excluding carboxylic acids is 1. The average molecular weight is 369 g/mol. The number of nitrogens with two attached hydrogens (primary N) is 1. The second kappa shape index (κ2) is 7.14. The van der Waals surface area contributed by atoms with E-state index in [-0.39, 0.29) is 12.5 Å². The van der Waals surface area contributed by atoms with Gasteiger partial charge in [-0.2, -0.15) is 5.10 Å². The second-order valence-electron chi connectivity index (χ2n) is 7.01. The maximum absolute atomic E-state index is 14.6. The minimum Gasteiger partial charge on any atom is -0.459 e. The van der Waals surface area contributed by atoms with E-state index in [2.05, 4.69) is 15.1 Å². The quantitative estimate of drug-likeness (QED) is 0.710. The zero-order chi connectivity index (χ0) is 19.6. The van der Waals surface area contributed by atoms with Crippen LogP contribution >= 0.6 is 0 Å². The lowest BCUT2D eigenvalue weighted by molar-refractivity contribution is -0.155. The van der Waals surface area contributed by atoms with Crippen LogP contribution in [0.2, 0.25) is 0 Å². The number of nitrogens with zero attached hydrogens (tertiary/aromatic N) is 4. The molecule has 0 fully saturated rings. The molecule has 0 aliphatic heterocycles. The molecule has 0 saturated heterocycles. The molecule has 3 rings (SSSR count). The van der Waals surface area contributed by atoms with Crippen LogP contribution < -0.4 is 5.73 Å². The normalized spacial score (nSPS) is 11.4. The number of halogens is 1.